The zero-order valence-electron chi connectivity index (χ0n) is 9.98. The Balaban J connectivity index is 2.06. The number of hydrazine groups is 1. The lowest BCUT2D eigenvalue weighted by molar-refractivity contribution is 0.179. The molecule has 0 bridgehead atoms. The van der Waals surface area contributed by atoms with E-state index in [4.69, 9.17) is 11.0 Å². The maximum Gasteiger partial charge on any atom is 0.101 e. The molecular formula is C12H17N5. The Kier molecular flexibility index (Phi) is 3.47. The van der Waals surface area contributed by atoms with Crippen molar-refractivity contribution in [2.75, 3.05) is 44.4 Å². The van der Waals surface area contributed by atoms with E-state index in [1.807, 2.05) is 6.07 Å². The van der Waals surface area contributed by atoms with Gasteiger partial charge in [0.25, 0.3) is 0 Å². The Morgan fingerprint density at radius 3 is 2.65 bits per heavy atom. The molecule has 2 rings (SSSR count). The van der Waals surface area contributed by atoms with Crippen LogP contribution in [0.2, 0.25) is 0 Å². The van der Waals surface area contributed by atoms with E-state index in [1.54, 1.807) is 12.1 Å². The Labute approximate surface area is 101 Å². The topological polar surface area (TPSA) is 68.3 Å². The smallest absolute Gasteiger partial charge is 0.101 e. The number of hydrogen-bond donors (Lipinski definition) is 2. The fourth-order valence-corrected chi connectivity index (χ4v) is 1.84. The third-order valence-electron chi connectivity index (χ3n) is 2.95. The molecule has 1 aromatic carbocycles. The van der Waals surface area contributed by atoms with Gasteiger partial charge in [0.2, 0.25) is 0 Å². The van der Waals surface area contributed by atoms with Crippen molar-refractivity contribution in [2.24, 2.45) is 0 Å². The van der Waals surface area contributed by atoms with E-state index in [0.29, 0.717) is 11.3 Å². The normalized spacial score (nSPS) is 17.6. The molecule has 5 heteroatoms. The van der Waals surface area contributed by atoms with Crippen LogP contribution in [-0.4, -0.2) is 43.1 Å². The van der Waals surface area contributed by atoms with E-state index in [-0.39, 0.29) is 0 Å². The van der Waals surface area contributed by atoms with Crippen LogP contribution in [0.15, 0.2) is 18.2 Å². The largest absolute Gasteiger partial charge is 0.399 e. The van der Waals surface area contributed by atoms with Crippen molar-refractivity contribution < 1.29 is 0 Å². The van der Waals surface area contributed by atoms with E-state index < -0.39 is 0 Å². The molecule has 0 aliphatic carbocycles. The number of benzene rings is 1. The van der Waals surface area contributed by atoms with Crippen LogP contribution in [0.5, 0.6) is 0 Å². The molecule has 90 valence electrons. The fourth-order valence-electron chi connectivity index (χ4n) is 1.84. The van der Waals surface area contributed by atoms with Gasteiger partial charge >= 0.3 is 0 Å². The monoisotopic (exact) mass is 231 g/mol. The van der Waals surface area contributed by atoms with Crippen LogP contribution >= 0.6 is 0 Å². The molecule has 0 atom stereocenters. The summed E-state index contributed by atoms with van der Waals surface area (Å²) in [5.74, 6) is 0. The zero-order valence-corrected chi connectivity index (χ0v) is 9.98. The predicted octanol–water partition coefficient (Wildman–Crippen LogP) is 0.715. The molecule has 1 aromatic rings. The van der Waals surface area contributed by atoms with Crippen molar-refractivity contribution in [1.82, 2.24) is 9.91 Å². The Bertz CT molecular complexity index is 429. The minimum atomic E-state index is 0.587. The molecule has 3 N–H and O–H groups in total. The average Bonchev–Trinajstić information content (AvgIpc) is 2.34. The number of nitrogen functional groups attached to an aromatic ring is 1. The SMILES string of the molecule is CN1CCN(Nc2ccc(N)cc2C#N)CC1. The molecule has 0 aromatic heterocycles. The molecule has 0 radical (unpaired) electrons. The maximum atomic E-state index is 9.04. The number of likely N-dealkylation sites (N-methyl/N-ethyl adjacent to an activating group) is 1. The molecule has 1 fully saturated rings. The number of rotatable bonds is 2. The van der Waals surface area contributed by atoms with Gasteiger partial charge < -0.3 is 16.1 Å². The molecule has 1 aliphatic rings. The standard InChI is InChI=1S/C12H17N5/c1-16-4-6-17(7-5-16)15-12-3-2-11(14)8-10(12)9-13/h2-3,8,15H,4-7,14H2,1H3. The number of nitrogens with one attached hydrogen (secondary N) is 1. The van der Waals surface area contributed by atoms with Crippen molar-refractivity contribution >= 4 is 11.4 Å². The number of nitriles is 1. The summed E-state index contributed by atoms with van der Waals surface area (Å²) >= 11 is 0. The van der Waals surface area contributed by atoms with Crippen molar-refractivity contribution in [2.45, 2.75) is 0 Å². The quantitative estimate of drug-likeness (QED) is 0.734. The van der Waals surface area contributed by atoms with E-state index in [1.165, 1.54) is 0 Å². The van der Waals surface area contributed by atoms with Crippen molar-refractivity contribution in [3.63, 3.8) is 0 Å². The molecule has 1 saturated heterocycles. The van der Waals surface area contributed by atoms with E-state index in [9.17, 15) is 0 Å². The first kappa shape index (κ1) is 11.7. The molecule has 1 aliphatic heterocycles. The van der Waals surface area contributed by atoms with Crippen molar-refractivity contribution in [3.8, 4) is 6.07 Å². The highest BCUT2D eigenvalue weighted by molar-refractivity contribution is 5.62. The number of nitrogens with zero attached hydrogens (tertiary/aromatic N) is 3. The summed E-state index contributed by atoms with van der Waals surface area (Å²) in [6, 6.07) is 7.51. The van der Waals surface area contributed by atoms with Gasteiger partial charge in [-0.2, -0.15) is 5.26 Å². The number of hydrogen-bond acceptors (Lipinski definition) is 5. The first-order valence-corrected chi connectivity index (χ1v) is 5.69. The van der Waals surface area contributed by atoms with Gasteiger partial charge in [-0.3, -0.25) is 0 Å². The van der Waals surface area contributed by atoms with Crippen LogP contribution in [0.1, 0.15) is 5.56 Å². The Morgan fingerprint density at radius 2 is 2.00 bits per heavy atom. The van der Waals surface area contributed by atoms with Crippen molar-refractivity contribution in [1.29, 1.82) is 5.26 Å². The van der Waals surface area contributed by atoms with Gasteiger partial charge in [0.15, 0.2) is 0 Å². The van der Waals surface area contributed by atoms with Gasteiger partial charge in [-0.15, -0.1) is 0 Å². The maximum absolute atomic E-state index is 9.04. The van der Waals surface area contributed by atoms with E-state index in [0.717, 1.165) is 31.9 Å². The Hall–Kier alpha value is -1.77. The van der Waals surface area contributed by atoms with Gasteiger partial charge in [0.05, 0.1) is 11.3 Å². The molecule has 17 heavy (non-hydrogen) atoms. The van der Waals surface area contributed by atoms with Crippen molar-refractivity contribution in [3.05, 3.63) is 23.8 Å². The summed E-state index contributed by atoms with van der Waals surface area (Å²) in [5.41, 5.74) is 11.0. The molecule has 0 spiro atoms. The van der Waals surface area contributed by atoms with Crippen LogP contribution in [0.3, 0.4) is 0 Å². The van der Waals surface area contributed by atoms with Crippen LogP contribution in [0.4, 0.5) is 11.4 Å². The van der Waals surface area contributed by atoms with Crippen LogP contribution in [0.25, 0.3) is 0 Å². The summed E-state index contributed by atoms with van der Waals surface area (Å²) in [7, 11) is 2.11. The van der Waals surface area contributed by atoms with Gasteiger partial charge in [-0.05, 0) is 25.2 Å². The highest BCUT2D eigenvalue weighted by Crippen LogP contribution is 2.18. The third kappa shape index (κ3) is 2.87. The van der Waals surface area contributed by atoms with Gasteiger partial charge in [0.1, 0.15) is 6.07 Å². The average molecular weight is 231 g/mol. The second-order valence-electron chi connectivity index (χ2n) is 4.32. The number of anilines is 2. The van der Waals surface area contributed by atoms with Crippen LogP contribution < -0.4 is 11.2 Å². The third-order valence-corrected chi connectivity index (χ3v) is 2.95. The summed E-state index contributed by atoms with van der Waals surface area (Å²) < 4.78 is 0. The number of nitrogens with two attached hydrogens (primary N) is 1. The minimum Gasteiger partial charge on any atom is -0.399 e. The first-order valence-electron chi connectivity index (χ1n) is 5.69. The minimum absolute atomic E-state index is 0.587. The second-order valence-corrected chi connectivity index (χ2v) is 4.32. The zero-order chi connectivity index (χ0) is 12.3. The lowest BCUT2D eigenvalue weighted by Gasteiger charge is -2.33. The van der Waals surface area contributed by atoms with Gasteiger partial charge in [0, 0.05) is 31.9 Å². The lowest BCUT2D eigenvalue weighted by Crippen LogP contribution is -2.47. The first-order chi connectivity index (χ1) is 8.19. The van der Waals surface area contributed by atoms with Gasteiger partial charge in [-0.25, -0.2) is 5.01 Å². The molecule has 0 saturated carbocycles. The van der Waals surface area contributed by atoms with E-state index >= 15 is 0 Å². The van der Waals surface area contributed by atoms with Crippen LogP contribution in [0, 0.1) is 11.3 Å². The second kappa shape index (κ2) is 5.04. The fraction of sp³-hybridized carbons (Fsp3) is 0.417. The summed E-state index contributed by atoms with van der Waals surface area (Å²) in [5, 5.41) is 11.2. The summed E-state index contributed by atoms with van der Waals surface area (Å²) in [4.78, 5) is 2.28. The Morgan fingerprint density at radius 1 is 1.29 bits per heavy atom. The predicted molar refractivity (Wildman–Crippen MR) is 68.3 cm³/mol. The molecule has 5 nitrogen and oxygen atoms in total. The number of piperazine rings is 1. The van der Waals surface area contributed by atoms with E-state index in [2.05, 4.69) is 28.5 Å². The molecule has 0 unspecified atom stereocenters. The highest BCUT2D eigenvalue weighted by Gasteiger charge is 2.14. The molecule has 0 amide bonds. The van der Waals surface area contributed by atoms with Gasteiger partial charge in [-0.1, -0.05) is 0 Å². The lowest BCUT2D eigenvalue weighted by atomic mass is 10.2. The highest BCUT2D eigenvalue weighted by atomic mass is 15.5. The van der Waals surface area contributed by atoms with Crippen LogP contribution in [-0.2, 0) is 0 Å². The molecule has 1 heterocycles. The summed E-state index contributed by atoms with van der Waals surface area (Å²) in [6.45, 7) is 3.96. The summed E-state index contributed by atoms with van der Waals surface area (Å²) in [6.07, 6.45) is 0. The molecular weight excluding hydrogens is 214 g/mol.